The fraction of sp³-hybridized carbons (Fsp3) is 0.217. The Hall–Kier alpha value is -4.01. The number of pyridine rings is 1. The van der Waals surface area contributed by atoms with E-state index in [1.54, 1.807) is 24.5 Å². The lowest BCUT2D eigenvalue weighted by Crippen LogP contribution is -2.49. The lowest BCUT2D eigenvalue weighted by atomic mass is 9.87. The van der Waals surface area contributed by atoms with Gasteiger partial charge in [-0.2, -0.15) is 5.26 Å². The molecule has 3 N–H and O–H groups in total. The zero-order valence-electron chi connectivity index (χ0n) is 18.1. The van der Waals surface area contributed by atoms with E-state index in [-0.39, 0.29) is 39.9 Å². The highest BCUT2D eigenvalue weighted by molar-refractivity contribution is 7.89. The van der Waals surface area contributed by atoms with Gasteiger partial charge >= 0.3 is 0 Å². The van der Waals surface area contributed by atoms with E-state index in [4.69, 9.17) is 9.68 Å². The molecule has 0 amide bonds. The van der Waals surface area contributed by atoms with Crippen LogP contribution in [0.4, 0.5) is 5.69 Å². The summed E-state index contributed by atoms with van der Waals surface area (Å²) in [5, 5.41) is 13.3. The van der Waals surface area contributed by atoms with E-state index in [1.165, 1.54) is 25.3 Å². The number of oxazole rings is 1. The van der Waals surface area contributed by atoms with Crippen LogP contribution in [0.25, 0.3) is 22.5 Å². The third-order valence-corrected chi connectivity index (χ3v) is 7.28. The Balaban J connectivity index is 1.33. The first kappa shape index (κ1) is 21.8. The van der Waals surface area contributed by atoms with Crippen LogP contribution in [0.5, 0.6) is 0 Å². The number of carbonyl (C=O) groups excluding carboxylic acids is 1. The van der Waals surface area contributed by atoms with Gasteiger partial charge in [0.05, 0.1) is 27.8 Å². The lowest BCUT2D eigenvalue weighted by molar-refractivity contribution is 0.101. The van der Waals surface area contributed by atoms with Crippen molar-refractivity contribution in [3.63, 3.8) is 0 Å². The van der Waals surface area contributed by atoms with Crippen molar-refractivity contribution in [1.82, 2.24) is 19.7 Å². The van der Waals surface area contributed by atoms with Gasteiger partial charge in [-0.1, -0.05) is 6.07 Å². The summed E-state index contributed by atoms with van der Waals surface area (Å²) in [7, 11) is -3.73. The molecule has 3 heterocycles. The molecule has 1 saturated carbocycles. The van der Waals surface area contributed by atoms with Gasteiger partial charge in [-0.25, -0.2) is 23.1 Å². The fourth-order valence-electron chi connectivity index (χ4n) is 3.94. The molecular weight excluding hydrogens is 456 g/mol. The first-order valence-electron chi connectivity index (χ1n) is 10.6. The Labute approximate surface area is 195 Å². The molecule has 0 unspecified atom stereocenters. The summed E-state index contributed by atoms with van der Waals surface area (Å²) in [5.41, 5.74) is 2.55. The largest absolute Gasteiger partial charge is 0.444 e. The molecule has 1 fully saturated rings. The van der Waals surface area contributed by atoms with Crippen LogP contribution in [-0.4, -0.2) is 41.2 Å². The Kier molecular flexibility index (Phi) is 5.39. The van der Waals surface area contributed by atoms with Crippen LogP contribution in [0.3, 0.4) is 0 Å². The number of nitriles is 1. The van der Waals surface area contributed by atoms with E-state index in [2.05, 4.69) is 25.0 Å². The predicted molar refractivity (Wildman–Crippen MR) is 124 cm³/mol. The molecule has 0 atom stereocenters. The number of carbonyl (C=O) groups is 1. The number of rotatable bonds is 7. The van der Waals surface area contributed by atoms with Crippen LogP contribution in [0.2, 0.25) is 0 Å². The monoisotopic (exact) mass is 476 g/mol. The number of ketones is 1. The molecule has 0 spiro atoms. The molecule has 1 aromatic carbocycles. The normalized spacial score (nSPS) is 17.8. The van der Waals surface area contributed by atoms with Gasteiger partial charge in [0.1, 0.15) is 17.6 Å². The van der Waals surface area contributed by atoms with Gasteiger partial charge in [0, 0.05) is 36.8 Å². The second-order valence-corrected chi connectivity index (χ2v) is 9.87. The quantitative estimate of drug-likeness (QED) is 0.344. The number of hydrogen-bond donors (Lipinski definition) is 3. The SMILES string of the molecule is CC(=O)c1coc(-c2cnc3[nH]ccc3c2NC2CC(NS(=O)(=O)c3cccc(C#N)c3)C2)n1. The van der Waals surface area contributed by atoms with Crippen molar-refractivity contribution < 1.29 is 17.6 Å². The Bertz CT molecular complexity index is 1540. The van der Waals surface area contributed by atoms with Crippen molar-refractivity contribution in [2.75, 3.05) is 5.32 Å². The fourth-order valence-corrected chi connectivity index (χ4v) is 5.25. The molecule has 172 valence electrons. The van der Waals surface area contributed by atoms with Crippen LogP contribution in [0, 0.1) is 11.3 Å². The standard InChI is InChI=1S/C23H20N6O4S/c1-13(30)20-12-33-23(28-20)19-11-26-22-18(5-6-25-22)21(19)27-15-8-16(9-15)29-34(31,32)17-4-2-3-14(7-17)10-24/h2-7,11-12,15-16,29H,8-9H2,1H3,(H2,25,26,27). The number of Topliss-reactive ketones (excluding diaryl/α,β-unsaturated/α-hetero) is 1. The van der Waals surface area contributed by atoms with Crippen molar-refractivity contribution in [2.24, 2.45) is 0 Å². The van der Waals surface area contributed by atoms with E-state index in [0.29, 0.717) is 24.1 Å². The van der Waals surface area contributed by atoms with Crippen molar-refractivity contribution in [1.29, 1.82) is 5.26 Å². The van der Waals surface area contributed by atoms with Gasteiger partial charge in [0.25, 0.3) is 0 Å². The molecule has 10 nitrogen and oxygen atoms in total. The minimum atomic E-state index is -3.73. The van der Waals surface area contributed by atoms with Crippen molar-refractivity contribution in [2.45, 2.75) is 36.7 Å². The summed E-state index contributed by atoms with van der Waals surface area (Å²) in [4.78, 5) is 23.4. The first-order chi connectivity index (χ1) is 16.3. The number of H-pyrrole nitrogens is 1. The highest BCUT2D eigenvalue weighted by Gasteiger charge is 2.34. The summed E-state index contributed by atoms with van der Waals surface area (Å²) >= 11 is 0. The number of anilines is 1. The van der Waals surface area contributed by atoms with Gasteiger partial charge in [-0.05, 0) is 37.1 Å². The van der Waals surface area contributed by atoms with E-state index >= 15 is 0 Å². The van der Waals surface area contributed by atoms with Crippen LogP contribution in [0.1, 0.15) is 35.8 Å². The Morgan fingerprint density at radius 1 is 1.26 bits per heavy atom. The molecule has 34 heavy (non-hydrogen) atoms. The van der Waals surface area contributed by atoms with Crippen LogP contribution >= 0.6 is 0 Å². The number of nitrogens with one attached hydrogen (secondary N) is 3. The number of benzene rings is 1. The summed E-state index contributed by atoms with van der Waals surface area (Å²) in [6, 6.07) is 9.52. The van der Waals surface area contributed by atoms with Gasteiger partial charge in [-0.15, -0.1) is 0 Å². The topological polar surface area (TPSA) is 154 Å². The van der Waals surface area contributed by atoms with Crippen molar-refractivity contribution in [3.8, 4) is 17.5 Å². The molecule has 0 bridgehead atoms. The Morgan fingerprint density at radius 3 is 2.82 bits per heavy atom. The zero-order valence-corrected chi connectivity index (χ0v) is 18.9. The van der Waals surface area contributed by atoms with Gasteiger partial charge in [0.2, 0.25) is 15.9 Å². The molecule has 11 heteroatoms. The van der Waals surface area contributed by atoms with E-state index < -0.39 is 10.0 Å². The summed E-state index contributed by atoms with van der Waals surface area (Å²) in [5.74, 6) is 0.0758. The minimum Gasteiger partial charge on any atom is -0.444 e. The Morgan fingerprint density at radius 2 is 2.09 bits per heavy atom. The van der Waals surface area contributed by atoms with E-state index in [1.807, 2.05) is 12.1 Å². The average molecular weight is 477 g/mol. The number of sulfonamides is 1. The van der Waals surface area contributed by atoms with Crippen LogP contribution in [-0.2, 0) is 10.0 Å². The number of hydrogen-bond acceptors (Lipinski definition) is 8. The van der Waals surface area contributed by atoms with E-state index in [9.17, 15) is 13.2 Å². The average Bonchev–Trinajstić information content (AvgIpc) is 3.47. The molecule has 3 aromatic heterocycles. The summed E-state index contributed by atoms with van der Waals surface area (Å²) < 4.78 is 33.6. The lowest BCUT2D eigenvalue weighted by Gasteiger charge is -2.37. The summed E-state index contributed by atoms with van der Waals surface area (Å²) in [6.07, 6.45) is 5.84. The molecule has 1 aliphatic carbocycles. The highest BCUT2D eigenvalue weighted by atomic mass is 32.2. The van der Waals surface area contributed by atoms with Gasteiger partial charge in [-0.3, -0.25) is 4.79 Å². The van der Waals surface area contributed by atoms with Gasteiger partial charge in [0.15, 0.2) is 5.78 Å². The molecule has 0 radical (unpaired) electrons. The number of nitrogens with zero attached hydrogens (tertiary/aromatic N) is 3. The van der Waals surface area contributed by atoms with Crippen LogP contribution in [0.15, 0.2) is 58.3 Å². The maximum atomic E-state index is 12.7. The van der Waals surface area contributed by atoms with Crippen molar-refractivity contribution >= 4 is 32.5 Å². The molecule has 0 aliphatic heterocycles. The number of aromatic nitrogens is 3. The third kappa shape index (κ3) is 4.05. The number of fused-ring (bicyclic) bond motifs is 1. The van der Waals surface area contributed by atoms with Crippen molar-refractivity contribution in [3.05, 3.63) is 60.2 Å². The smallest absolute Gasteiger partial charge is 0.240 e. The zero-order chi connectivity index (χ0) is 23.9. The number of aromatic amines is 1. The molecular formula is C23H20N6O4S. The van der Waals surface area contributed by atoms with Gasteiger partial charge < -0.3 is 14.7 Å². The molecule has 1 aliphatic rings. The first-order valence-corrected chi connectivity index (χ1v) is 12.0. The maximum Gasteiger partial charge on any atom is 0.240 e. The van der Waals surface area contributed by atoms with Crippen LogP contribution < -0.4 is 10.0 Å². The molecule has 5 rings (SSSR count). The second-order valence-electron chi connectivity index (χ2n) is 8.15. The predicted octanol–water partition coefficient (Wildman–Crippen LogP) is 3.21. The molecule has 4 aromatic rings. The molecule has 0 saturated heterocycles. The van der Waals surface area contributed by atoms with E-state index in [0.717, 1.165) is 11.1 Å². The highest BCUT2D eigenvalue weighted by Crippen LogP contribution is 2.36. The minimum absolute atomic E-state index is 0.000340. The third-order valence-electron chi connectivity index (χ3n) is 5.76. The summed E-state index contributed by atoms with van der Waals surface area (Å²) in [6.45, 7) is 1.42. The second kappa shape index (κ2) is 8.40. The maximum absolute atomic E-state index is 12.7.